The maximum Gasteiger partial charge on any atom is 0.148 e. The summed E-state index contributed by atoms with van der Waals surface area (Å²) in [6, 6.07) is 67.9. The van der Waals surface area contributed by atoms with Crippen LogP contribution in [0.4, 0.5) is 0 Å². The van der Waals surface area contributed by atoms with Gasteiger partial charge in [-0.05, 0) is 133 Å². The molecule has 0 unspecified atom stereocenters. The zero-order valence-electron chi connectivity index (χ0n) is 45.3. The van der Waals surface area contributed by atoms with Crippen LogP contribution < -0.4 is 0 Å². The molecule has 1 spiro atoms. The molecule has 0 radical (unpaired) electrons. The minimum Gasteiger partial charge on any atom is -0.507 e. The Morgan fingerprint density at radius 3 is 1.72 bits per heavy atom. The van der Waals surface area contributed by atoms with E-state index in [1.807, 2.05) is 12.3 Å². The smallest absolute Gasteiger partial charge is 0.148 e. The summed E-state index contributed by atoms with van der Waals surface area (Å²) in [4.78, 5) is 10.7. The minimum absolute atomic E-state index is 0. The van der Waals surface area contributed by atoms with Crippen molar-refractivity contribution in [3.05, 3.63) is 227 Å². The molecule has 76 heavy (non-hydrogen) atoms. The van der Waals surface area contributed by atoms with E-state index in [4.69, 9.17) is 9.97 Å². The van der Waals surface area contributed by atoms with Crippen molar-refractivity contribution >= 4 is 11.0 Å². The second-order valence-electron chi connectivity index (χ2n) is 24.7. The van der Waals surface area contributed by atoms with Crippen molar-refractivity contribution in [2.75, 3.05) is 0 Å². The first-order valence-electron chi connectivity index (χ1n) is 26.8. The van der Waals surface area contributed by atoms with Gasteiger partial charge in [-0.25, -0.2) is 4.98 Å². The first-order chi connectivity index (χ1) is 35.9. The monoisotopic (exact) mass is 1170 g/mol. The second kappa shape index (κ2) is 19.2. The van der Waals surface area contributed by atoms with Gasteiger partial charge in [0.1, 0.15) is 11.6 Å². The van der Waals surface area contributed by atoms with Gasteiger partial charge in [-0.1, -0.05) is 207 Å². The number of hydrogen-bond acceptors (Lipinski definition) is 3. The van der Waals surface area contributed by atoms with Gasteiger partial charge in [-0.2, -0.15) is 0 Å². The zero-order chi connectivity index (χ0) is 52.0. The molecule has 2 aliphatic rings. The third-order valence-corrected chi connectivity index (χ3v) is 16.1. The molecule has 0 saturated carbocycles. The number of benzene rings is 8. The summed E-state index contributed by atoms with van der Waals surface area (Å²) in [7, 11) is 0. The average molecular weight is 1170 g/mol. The van der Waals surface area contributed by atoms with Crippen molar-refractivity contribution in [1.29, 1.82) is 0 Å². The van der Waals surface area contributed by atoms with Gasteiger partial charge in [0.2, 0.25) is 0 Å². The first kappa shape index (κ1) is 51.0. The standard InChI is InChI=1S/C71H66N3O.Pt/c1-68(2,3)56-35-53(34-54(36-56)62-38-49(31-32-72-62)45-19-12-10-13-20-45)58-25-18-26-64-65(58)73-67(60-39-57(69(4,5)6)40-61(66(60)75)70(7,8)9)74(64)63-30-29-48(37-59(63)46-21-14-11-15-22-46)47-27-28-52-43-71(44-55(52)33-47)41-50-23-16-17-24-51(50)42-71;/h10-33,35-40,75H,41-44H2,1-9H3;/q-1;. The number of phenols is 1. The maximum absolute atomic E-state index is 12.8. The van der Waals surface area contributed by atoms with Gasteiger partial charge in [-0.15, -0.1) is 29.3 Å². The summed E-state index contributed by atoms with van der Waals surface area (Å²) in [5.41, 5.74) is 22.7. The van der Waals surface area contributed by atoms with E-state index in [0.29, 0.717) is 11.4 Å². The number of pyridine rings is 1. The number of hydrogen-bond donors (Lipinski definition) is 1. The molecule has 0 atom stereocenters. The minimum atomic E-state index is -0.346. The molecule has 0 amide bonds. The molecule has 8 aromatic carbocycles. The van der Waals surface area contributed by atoms with Gasteiger partial charge in [0, 0.05) is 44.1 Å². The van der Waals surface area contributed by atoms with E-state index in [-0.39, 0.29) is 48.5 Å². The van der Waals surface area contributed by atoms with Crippen molar-refractivity contribution in [2.45, 2.75) is 104 Å². The molecule has 2 heterocycles. The zero-order valence-corrected chi connectivity index (χ0v) is 47.5. The maximum atomic E-state index is 12.8. The van der Waals surface area contributed by atoms with Crippen molar-refractivity contribution < 1.29 is 26.2 Å². The largest absolute Gasteiger partial charge is 0.507 e. The number of aromatic nitrogens is 3. The van der Waals surface area contributed by atoms with Crippen LogP contribution in [0.1, 0.15) is 101 Å². The molecule has 4 nitrogen and oxygen atoms in total. The van der Waals surface area contributed by atoms with Crippen LogP contribution in [0.25, 0.3) is 83.9 Å². The van der Waals surface area contributed by atoms with Crippen molar-refractivity contribution in [1.82, 2.24) is 14.5 Å². The summed E-state index contributed by atoms with van der Waals surface area (Å²) < 4.78 is 2.31. The Hall–Kier alpha value is -7.13. The summed E-state index contributed by atoms with van der Waals surface area (Å²) >= 11 is 0. The van der Waals surface area contributed by atoms with Gasteiger partial charge in [0.15, 0.2) is 0 Å². The third kappa shape index (κ3) is 9.38. The van der Waals surface area contributed by atoms with Crippen molar-refractivity contribution in [3.8, 4) is 78.6 Å². The molecule has 10 aromatic rings. The van der Waals surface area contributed by atoms with E-state index in [1.54, 1.807) is 0 Å². The SMILES string of the molecule is CC(C)(C)c1cc(-c2cc(-c3ccccc3)ccn2)[c-]c(-c2cccc3c2nc(-c2cc(C(C)(C)C)cc(C(C)(C)C)c2O)n3-c2ccc(-c3ccc4c(c3)CC3(Cc5ccccc5C3)C4)cc2-c2ccccc2)c1.[Pt]. The molecule has 5 heteroatoms. The van der Waals surface area contributed by atoms with Gasteiger partial charge in [0.25, 0.3) is 0 Å². The molecule has 12 rings (SSSR count). The van der Waals surface area contributed by atoms with E-state index < -0.39 is 0 Å². The Morgan fingerprint density at radius 1 is 0.474 bits per heavy atom. The van der Waals surface area contributed by atoms with E-state index in [9.17, 15) is 5.11 Å². The Balaban J connectivity index is 0.00000616. The van der Waals surface area contributed by atoms with E-state index in [2.05, 4.69) is 243 Å². The number of nitrogens with zero attached hydrogens (tertiary/aromatic N) is 3. The summed E-state index contributed by atoms with van der Waals surface area (Å²) in [5.74, 6) is 0.932. The molecule has 0 saturated heterocycles. The fourth-order valence-electron chi connectivity index (χ4n) is 12.0. The molecule has 0 fully saturated rings. The van der Waals surface area contributed by atoms with E-state index >= 15 is 0 Å². The Labute approximate surface area is 464 Å². The van der Waals surface area contributed by atoms with Crippen molar-refractivity contribution in [2.24, 2.45) is 5.41 Å². The van der Waals surface area contributed by atoms with E-state index in [1.165, 1.54) is 38.9 Å². The first-order valence-corrected chi connectivity index (χ1v) is 26.8. The molecule has 2 aromatic heterocycles. The van der Waals surface area contributed by atoms with Crippen molar-refractivity contribution in [3.63, 3.8) is 0 Å². The second-order valence-corrected chi connectivity index (χ2v) is 24.7. The summed E-state index contributed by atoms with van der Waals surface area (Å²) in [6.45, 7) is 20.1. The fourth-order valence-corrected chi connectivity index (χ4v) is 12.0. The number of phenolic OH excluding ortho intramolecular Hbond substituents is 1. The fraction of sp³-hybridized carbons (Fsp3) is 0.239. The van der Waals surface area contributed by atoms with Gasteiger partial charge in [0.05, 0.1) is 22.3 Å². The van der Waals surface area contributed by atoms with Crippen LogP contribution in [0, 0.1) is 11.5 Å². The number of fused-ring (bicyclic) bond motifs is 3. The summed E-state index contributed by atoms with van der Waals surface area (Å²) in [5, 5.41) is 12.8. The molecule has 0 aliphatic heterocycles. The molecular weight excluding hydrogens is 1110 g/mol. The van der Waals surface area contributed by atoms with Crippen LogP contribution in [-0.4, -0.2) is 19.6 Å². The van der Waals surface area contributed by atoms with Crippen LogP contribution in [0.15, 0.2) is 182 Å². The summed E-state index contributed by atoms with van der Waals surface area (Å²) in [6.07, 6.45) is 6.42. The Bertz CT molecular complexity index is 3820. The number of imidazole rings is 1. The molecule has 2 aliphatic carbocycles. The topological polar surface area (TPSA) is 50.9 Å². The number of para-hydroxylation sites is 1. The number of aromatic hydroxyl groups is 1. The predicted molar refractivity (Wildman–Crippen MR) is 312 cm³/mol. The van der Waals surface area contributed by atoms with Crippen LogP contribution in [0.3, 0.4) is 0 Å². The van der Waals surface area contributed by atoms with Gasteiger partial charge < -0.3 is 5.11 Å². The molecule has 382 valence electrons. The molecular formula is C71H66N3OPt-. The third-order valence-electron chi connectivity index (χ3n) is 16.1. The van der Waals surface area contributed by atoms with Crippen LogP contribution >= 0.6 is 0 Å². The average Bonchev–Trinajstić information content (AvgIpc) is 4.12. The van der Waals surface area contributed by atoms with Crippen LogP contribution in [-0.2, 0) is 63.0 Å². The Morgan fingerprint density at radius 2 is 1.05 bits per heavy atom. The van der Waals surface area contributed by atoms with Crippen LogP contribution in [0.2, 0.25) is 0 Å². The van der Waals surface area contributed by atoms with Gasteiger partial charge >= 0.3 is 0 Å². The number of rotatable bonds is 7. The quantitative estimate of drug-likeness (QED) is 0.162. The van der Waals surface area contributed by atoms with Crippen LogP contribution in [0.5, 0.6) is 5.75 Å². The van der Waals surface area contributed by atoms with Gasteiger partial charge in [-0.3, -0.25) is 9.55 Å². The Kier molecular flexibility index (Phi) is 12.9. The molecule has 0 bridgehead atoms. The van der Waals surface area contributed by atoms with E-state index in [0.717, 1.165) is 98.2 Å². The predicted octanol–water partition coefficient (Wildman–Crippen LogP) is 17.7. The normalized spacial score (nSPS) is 14.0. The molecule has 1 N–H and O–H groups in total.